The zero-order chi connectivity index (χ0) is 12.2. The molecule has 6 nitrogen and oxygen atoms in total. The first-order chi connectivity index (χ1) is 7.45. The number of nitrogens with zero attached hydrogens (tertiary/aromatic N) is 1. The molecule has 0 aromatic carbocycles. The fourth-order valence-electron chi connectivity index (χ4n) is 0.893. The first-order valence-corrected chi connectivity index (χ1v) is 6.62. The zero-order valence-electron chi connectivity index (χ0n) is 8.17. The average molecular weight is 311 g/mol. The molecule has 3 N–H and O–H groups in total. The molecule has 0 fully saturated rings. The molecule has 16 heavy (non-hydrogen) atoms. The minimum atomic E-state index is -3.70. The Labute approximate surface area is 102 Å². The van der Waals surface area contributed by atoms with Crippen molar-refractivity contribution in [1.82, 2.24) is 9.71 Å². The van der Waals surface area contributed by atoms with Gasteiger partial charge in [0, 0.05) is 23.4 Å². The summed E-state index contributed by atoms with van der Waals surface area (Å²) >= 11 is 3.10. The molecule has 0 amide bonds. The number of sulfonamides is 1. The fraction of sp³-hybridized carbons (Fsp3) is 0.375. The third kappa shape index (κ3) is 3.80. The van der Waals surface area contributed by atoms with Crippen LogP contribution < -0.4 is 4.72 Å². The third-order valence-corrected chi connectivity index (χ3v) is 3.53. The number of nitrogens with one attached hydrogen (secondary N) is 1. The molecule has 0 radical (unpaired) electrons. The maximum Gasteiger partial charge on any atom is 0.242 e. The van der Waals surface area contributed by atoms with Crippen molar-refractivity contribution in [2.45, 2.75) is 11.0 Å². The Morgan fingerprint density at radius 1 is 1.50 bits per heavy atom. The second kappa shape index (κ2) is 5.69. The van der Waals surface area contributed by atoms with Crippen LogP contribution in [-0.2, 0) is 10.0 Å². The summed E-state index contributed by atoms with van der Waals surface area (Å²) in [4.78, 5) is 3.71. The minimum absolute atomic E-state index is 0.00739. The number of rotatable bonds is 5. The van der Waals surface area contributed by atoms with Gasteiger partial charge >= 0.3 is 0 Å². The van der Waals surface area contributed by atoms with Crippen LogP contribution in [0.4, 0.5) is 0 Å². The molecule has 1 rings (SSSR count). The molecular formula is C8H11BrN2O4S. The van der Waals surface area contributed by atoms with Crippen LogP contribution in [0.1, 0.15) is 0 Å². The van der Waals surface area contributed by atoms with Gasteiger partial charge in [-0.05, 0) is 22.0 Å². The van der Waals surface area contributed by atoms with Gasteiger partial charge in [0.2, 0.25) is 10.0 Å². The molecule has 0 saturated carbocycles. The fourth-order valence-corrected chi connectivity index (χ4v) is 2.47. The lowest BCUT2D eigenvalue weighted by Crippen LogP contribution is -2.33. The van der Waals surface area contributed by atoms with Crippen LogP contribution in [0, 0.1) is 0 Å². The zero-order valence-corrected chi connectivity index (χ0v) is 10.6. The van der Waals surface area contributed by atoms with E-state index in [0.29, 0.717) is 4.47 Å². The number of aromatic nitrogens is 1. The Kier molecular flexibility index (Phi) is 4.81. The molecule has 1 aromatic heterocycles. The van der Waals surface area contributed by atoms with Gasteiger partial charge in [0.05, 0.1) is 12.7 Å². The average Bonchev–Trinajstić information content (AvgIpc) is 2.26. The molecule has 0 aliphatic heterocycles. The van der Waals surface area contributed by atoms with Crippen molar-refractivity contribution in [3.8, 4) is 0 Å². The summed E-state index contributed by atoms with van der Waals surface area (Å²) in [6, 6.07) is 1.39. The smallest absolute Gasteiger partial charge is 0.242 e. The number of hydrogen-bond acceptors (Lipinski definition) is 5. The van der Waals surface area contributed by atoms with Crippen LogP contribution in [0.15, 0.2) is 27.8 Å². The highest BCUT2D eigenvalue weighted by atomic mass is 79.9. The van der Waals surface area contributed by atoms with Gasteiger partial charge in [-0.15, -0.1) is 0 Å². The van der Waals surface area contributed by atoms with Gasteiger partial charge < -0.3 is 10.2 Å². The van der Waals surface area contributed by atoms with Gasteiger partial charge in [0.25, 0.3) is 0 Å². The van der Waals surface area contributed by atoms with E-state index < -0.39 is 22.7 Å². The molecule has 1 heterocycles. The summed E-state index contributed by atoms with van der Waals surface area (Å²) in [5, 5.41) is 17.6. The summed E-state index contributed by atoms with van der Waals surface area (Å²) in [6.07, 6.45) is 1.54. The summed E-state index contributed by atoms with van der Waals surface area (Å²) in [7, 11) is -3.70. The van der Waals surface area contributed by atoms with Crippen molar-refractivity contribution in [3.05, 3.63) is 22.9 Å². The van der Waals surface area contributed by atoms with E-state index in [2.05, 4.69) is 25.6 Å². The van der Waals surface area contributed by atoms with Gasteiger partial charge in [-0.3, -0.25) is 4.98 Å². The molecule has 0 saturated heterocycles. The van der Waals surface area contributed by atoms with Crippen molar-refractivity contribution in [2.24, 2.45) is 0 Å². The van der Waals surface area contributed by atoms with Crippen molar-refractivity contribution >= 4 is 26.0 Å². The Bertz CT molecular complexity index is 451. The standard InChI is InChI=1S/C8H11BrN2O4S/c9-6-1-8(4-10-2-6)16(14,15)11-3-7(13)5-12/h1-2,4,7,11-13H,3,5H2. The van der Waals surface area contributed by atoms with E-state index in [-0.39, 0.29) is 11.4 Å². The Balaban J connectivity index is 2.78. The van der Waals surface area contributed by atoms with Crippen LogP contribution in [-0.4, -0.2) is 42.9 Å². The summed E-state index contributed by atoms with van der Waals surface area (Å²) in [6.45, 7) is -0.745. The SMILES string of the molecule is O=S(=O)(NCC(O)CO)c1cncc(Br)c1. The molecule has 0 aliphatic carbocycles. The van der Waals surface area contributed by atoms with E-state index in [4.69, 9.17) is 10.2 Å². The molecule has 0 bridgehead atoms. The lowest BCUT2D eigenvalue weighted by molar-refractivity contribution is 0.0988. The number of aliphatic hydroxyl groups is 2. The monoisotopic (exact) mass is 310 g/mol. The molecule has 0 spiro atoms. The summed E-state index contributed by atoms with van der Waals surface area (Å²) < 4.78 is 26.0. The van der Waals surface area contributed by atoms with Gasteiger partial charge in [-0.25, -0.2) is 13.1 Å². The van der Waals surface area contributed by atoms with Gasteiger partial charge in [0.1, 0.15) is 4.90 Å². The van der Waals surface area contributed by atoms with Crippen molar-refractivity contribution in [1.29, 1.82) is 0 Å². The van der Waals surface area contributed by atoms with Crippen molar-refractivity contribution in [3.63, 3.8) is 0 Å². The summed E-state index contributed by atoms with van der Waals surface area (Å²) in [5.74, 6) is 0. The van der Waals surface area contributed by atoms with Crippen LogP contribution in [0.3, 0.4) is 0 Å². The van der Waals surface area contributed by atoms with E-state index in [1.54, 1.807) is 0 Å². The predicted molar refractivity (Wildman–Crippen MR) is 60.2 cm³/mol. The first-order valence-electron chi connectivity index (χ1n) is 4.35. The highest BCUT2D eigenvalue weighted by molar-refractivity contribution is 9.10. The largest absolute Gasteiger partial charge is 0.394 e. The lowest BCUT2D eigenvalue weighted by atomic mass is 10.4. The molecule has 1 aromatic rings. The molecule has 8 heteroatoms. The molecular weight excluding hydrogens is 300 g/mol. The summed E-state index contributed by atoms with van der Waals surface area (Å²) in [5.41, 5.74) is 0. The van der Waals surface area contributed by atoms with E-state index >= 15 is 0 Å². The maximum atomic E-state index is 11.6. The predicted octanol–water partition coefficient (Wildman–Crippen LogP) is -0.524. The number of pyridine rings is 1. The van der Waals surface area contributed by atoms with Crippen LogP contribution in [0.5, 0.6) is 0 Å². The highest BCUT2D eigenvalue weighted by Gasteiger charge is 2.16. The quantitative estimate of drug-likeness (QED) is 0.679. The first kappa shape index (κ1) is 13.5. The molecule has 1 atom stereocenters. The van der Waals surface area contributed by atoms with Crippen LogP contribution in [0.2, 0.25) is 0 Å². The maximum absolute atomic E-state index is 11.6. The van der Waals surface area contributed by atoms with Crippen molar-refractivity contribution < 1.29 is 18.6 Å². The molecule has 90 valence electrons. The van der Waals surface area contributed by atoms with Crippen molar-refractivity contribution in [2.75, 3.05) is 13.2 Å². The second-order valence-electron chi connectivity index (χ2n) is 3.03. The van der Waals surface area contributed by atoms with Gasteiger partial charge in [-0.2, -0.15) is 0 Å². The lowest BCUT2D eigenvalue weighted by Gasteiger charge is -2.09. The Hall–Kier alpha value is -0.540. The second-order valence-corrected chi connectivity index (χ2v) is 5.71. The van der Waals surface area contributed by atoms with Gasteiger partial charge in [-0.1, -0.05) is 0 Å². The number of halogens is 1. The van der Waals surface area contributed by atoms with E-state index in [0.717, 1.165) is 0 Å². The normalized spacial score (nSPS) is 13.7. The third-order valence-electron chi connectivity index (χ3n) is 1.71. The highest BCUT2D eigenvalue weighted by Crippen LogP contribution is 2.13. The number of hydrogen-bond donors (Lipinski definition) is 3. The van der Waals surface area contributed by atoms with E-state index in [9.17, 15) is 8.42 Å². The van der Waals surface area contributed by atoms with Crippen LogP contribution in [0.25, 0.3) is 0 Å². The molecule has 0 aliphatic rings. The number of aliphatic hydroxyl groups excluding tert-OH is 2. The van der Waals surface area contributed by atoms with E-state index in [1.807, 2.05) is 0 Å². The topological polar surface area (TPSA) is 99.5 Å². The minimum Gasteiger partial charge on any atom is -0.394 e. The van der Waals surface area contributed by atoms with Crippen LogP contribution >= 0.6 is 15.9 Å². The molecule has 1 unspecified atom stereocenters. The Morgan fingerprint density at radius 2 is 2.19 bits per heavy atom. The van der Waals surface area contributed by atoms with E-state index in [1.165, 1.54) is 18.5 Å². The van der Waals surface area contributed by atoms with Gasteiger partial charge in [0.15, 0.2) is 0 Å². The Morgan fingerprint density at radius 3 is 2.75 bits per heavy atom.